The largest absolute Gasteiger partial charge is 0.490 e. The molecular formula is C18H23NO5. The topological polar surface area (TPSA) is 84.9 Å². The van der Waals surface area contributed by atoms with Crippen molar-refractivity contribution in [1.82, 2.24) is 5.32 Å². The minimum atomic E-state index is -1.06. The first-order valence-electron chi connectivity index (χ1n) is 8.44. The van der Waals surface area contributed by atoms with Gasteiger partial charge in [-0.2, -0.15) is 0 Å². The summed E-state index contributed by atoms with van der Waals surface area (Å²) in [6.45, 7) is 2.51. The van der Waals surface area contributed by atoms with E-state index in [1.807, 2.05) is 6.92 Å². The van der Waals surface area contributed by atoms with Gasteiger partial charge in [-0.1, -0.05) is 0 Å². The second kappa shape index (κ2) is 6.71. The lowest BCUT2D eigenvalue weighted by Crippen LogP contribution is -2.31. The SMILES string of the molecule is CCOc1cc(C(=O)NCC2(C3CC3)CC2)ccc1OCC(=O)O. The lowest BCUT2D eigenvalue weighted by atomic mass is 10.0. The van der Waals surface area contributed by atoms with Crippen molar-refractivity contribution in [3.63, 3.8) is 0 Å². The lowest BCUT2D eigenvalue weighted by Gasteiger charge is -2.16. The van der Waals surface area contributed by atoms with Crippen LogP contribution in [0.15, 0.2) is 18.2 Å². The number of hydrogen-bond acceptors (Lipinski definition) is 4. The number of amides is 1. The molecule has 2 aliphatic rings. The van der Waals surface area contributed by atoms with Gasteiger partial charge < -0.3 is 19.9 Å². The molecule has 0 unspecified atom stereocenters. The fraction of sp³-hybridized carbons (Fsp3) is 0.556. The van der Waals surface area contributed by atoms with E-state index >= 15 is 0 Å². The first kappa shape index (κ1) is 16.6. The summed E-state index contributed by atoms with van der Waals surface area (Å²) in [6, 6.07) is 4.81. The van der Waals surface area contributed by atoms with Gasteiger partial charge in [0, 0.05) is 12.1 Å². The van der Waals surface area contributed by atoms with Crippen LogP contribution < -0.4 is 14.8 Å². The molecule has 130 valence electrons. The Hall–Kier alpha value is -2.24. The molecule has 6 heteroatoms. The van der Waals surface area contributed by atoms with Crippen molar-refractivity contribution >= 4 is 11.9 Å². The highest BCUT2D eigenvalue weighted by Crippen LogP contribution is 2.60. The van der Waals surface area contributed by atoms with E-state index in [1.165, 1.54) is 25.7 Å². The minimum absolute atomic E-state index is 0.132. The van der Waals surface area contributed by atoms with Crippen molar-refractivity contribution in [2.24, 2.45) is 11.3 Å². The van der Waals surface area contributed by atoms with Gasteiger partial charge in [0.05, 0.1) is 6.61 Å². The smallest absolute Gasteiger partial charge is 0.341 e. The van der Waals surface area contributed by atoms with Gasteiger partial charge in [0.25, 0.3) is 5.91 Å². The van der Waals surface area contributed by atoms with E-state index in [9.17, 15) is 9.59 Å². The third-order valence-electron chi connectivity index (χ3n) is 4.79. The van der Waals surface area contributed by atoms with Crippen molar-refractivity contribution in [3.8, 4) is 11.5 Å². The van der Waals surface area contributed by atoms with E-state index in [1.54, 1.807) is 18.2 Å². The number of carboxylic acids is 1. The highest BCUT2D eigenvalue weighted by Gasteiger charge is 2.53. The second-order valence-corrected chi connectivity index (χ2v) is 6.60. The standard InChI is InChI=1S/C18H23NO5/c1-2-23-15-9-12(3-6-14(15)24-10-16(20)21)17(22)19-11-18(7-8-18)13-4-5-13/h3,6,9,13H,2,4-5,7-8,10-11H2,1H3,(H,19,22)(H,20,21). The molecule has 0 radical (unpaired) electrons. The number of ether oxygens (including phenoxy) is 2. The molecule has 6 nitrogen and oxygen atoms in total. The van der Waals surface area contributed by atoms with Crippen molar-refractivity contribution in [1.29, 1.82) is 0 Å². The Bertz CT molecular complexity index is 634. The molecule has 0 saturated heterocycles. The Labute approximate surface area is 141 Å². The van der Waals surface area contributed by atoms with Crippen LogP contribution in [0.2, 0.25) is 0 Å². The maximum absolute atomic E-state index is 12.4. The molecule has 2 N–H and O–H groups in total. The van der Waals surface area contributed by atoms with Crippen molar-refractivity contribution in [3.05, 3.63) is 23.8 Å². The summed E-state index contributed by atoms with van der Waals surface area (Å²) in [6.07, 6.45) is 5.01. The van der Waals surface area contributed by atoms with E-state index in [0.717, 1.165) is 12.5 Å². The van der Waals surface area contributed by atoms with Crippen LogP contribution in [-0.2, 0) is 4.79 Å². The number of rotatable bonds is 9. The van der Waals surface area contributed by atoms with Crippen LogP contribution in [-0.4, -0.2) is 36.7 Å². The number of hydrogen-bond donors (Lipinski definition) is 2. The second-order valence-electron chi connectivity index (χ2n) is 6.60. The number of carbonyl (C=O) groups is 2. The Morgan fingerprint density at radius 1 is 1.25 bits per heavy atom. The predicted molar refractivity (Wildman–Crippen MR) is 87.5 cm³/mol. The van der Waals surface area contributed by atoms with Crippen LogP contribution in [0, 0.1) is 11.3 Å². The van der Waals surface area contributed by atoms with Crippen molar-refractivity contribution in [2.75, 3.05) is 19.8 Å². The highest BCUT2D eigenvalue weighted by molar-refractivity contribution is 5.95. The highest BCUT2D eigenvalue weighted by atomic mass is 16.5. The summed E-state index contributed by atoms with van der Waals surface area (Å²) in [5.74, 6) is 0.312. The maximum atomic E-state index is 12.4. The Balaban J connectivity index is 1.64. The molecule has 2 aliphatic carbocycles. The summed E-state index contributed by atoms with van der Waals surface area (Å²) in [4.78, 5) is 23.0. The number of benzene rings is 1. The molecule has 0 bridgehead atoms. The van der Waals surface area contributed by atoms with Crippen LogP contribution in [0.4, 0.5) is 0 Å². The first-order chi connectivity index (χ1) is 11.5. The van der Waals surface area contributed by atoms with Crippen molar-refractivity contribution < 1.29 is 24.2 Å². The van der Waals surface area contributed by atoms with Gasteiger partial charge in [0.15, 0.2) is 18.1 Å². The molecule has 1 amide bonds. The summed E-state index contributed by atoms with van der Waals surface area (Å²) >= 11 is 0. The Morgan fingerprint density at radius 3 is 2.58 bits per heavy atom. The number of carboxylic acid groups (broad SMARTS) is 1. The molecule has 1 aromatic carbocycles. The lowest BCUT2D eigenvalue weighted by molar-refractivity contribution is -0.139. The fourth-order valence-corrected chi connectivity index (χ4v) is 3.12. The average Bonchev–Trinajstić information content (AvgIpc) is 3.45. The molecule has 2 fully saturated rings. The summed E-state index contributed by atoms with van der Waals surface area (Å²) < 4.78 is 10.7. The zero-order chi connectivity index (χ0) is 17.2. The monoisotopic (exact) mass is 333 g/mol. The van der Waals surface area contributed by atoms with Crippen LogP contribution in [0.25, 0.3) is 0 Å². The van der Waals surface area contributed by atoms with Gasteiger partial charge in [-0.3, -0.25) is 4.79 Å². The number of nitrogens with one attached hydrogen (secondary N) is 1. The van der Waals surface area contributed by atoms with Crippen LogP contribution in [0.1, 0.15) is 43.0 Å². The molecule has 0 aliphatic heterocycles. The molecular weight excluding hydrogens is 310 g/mol. The molecule has 2 saturated carbocycles. The average molecular weight is 333 g/mol. The normalized spacial score (nSPS) is 17.9. The molecule has 0 heterocycles. The Kier molecular flexibility index (Phi) is 4.64. The first-order valence-corrected chi connectivity index (χ1v) is 8.44. The third kappa shape index (κ3) is 3.80. The zero-order valence-electron chi connectivity index (χ0n) is 13.8. The van der Waals surface area contributed by atoms with Crippen molar-refractivity contribution in [2.45, 2.75) is 32.6 Å². The van der Waals surface area contributed by atoms with E-state index in [4.69, 9.17) is 14.6 Å². The molecule has 3 rings (SSSR count). The van der Waals surface area contributed by atoms with E-state index in [0.29, 0.717) is 29.1 Å². The molecule has 0 atom stereocenters. The van der Waals surface area contributed by atoms with E-state index < -0.39 is 12.6 Å². The summed E-state index contributed by atoms with van der Waals surface area (Å²) in [7, 11) is 0. The van der Waals surface area contributed by atoms with Gasteiger partial charge in [-0.05, 0) is 62.1 Å². The van der Waals surface area contributed by atoms with Gasteiger partial charge in [0.1, 0.15) is 0 Å². The predicted octanol–water partition coefficient (Wildman–Crippen LogP) is 2.47. The van der Waals surface area contributed by atoms with Gasteiger partial charge in [-0.15, -0.1) is 0 Å². The molecule has 0 aromatic heterocycles. The van der Waals surface area contributed by atoms with Crippen LogP contribution in [0.3, 0.4) is 0 Å². The number of aliphatic carboxylic acids is 1. The summed E-state index contributed by atoms with van der Waals surface area (Å²) in [5, 5.41) is 11.7. The zero-order valence-corrected chi connectivity index (χ0v) is 13.8. The minimum Gasteiger partial charge on any atom is -0.490 e. The van der Waals surface area contributed by atoms with Gasteiger partial charge in [0.2, 0.25) is 0 Å². The third-order valence-corrected chi connectivity index (χ3v) is 4.79. The molecule has 1 aromatic rings. The number of carbonyl (C=O) groups excluding carboxylic acids is 1. The van der Waals surface area contributed by atoms with Crippen LogP contribution >= 0.6 is 0 Å². The Morgan fingerprint density at radius 2 is 2.00 bits per heavy atom. The van der Waals surface area contributed by atoms with E-state index in [-0.39, 0.29) is 5.91 Å². The quantitative estimate of drug-likeness (QED) is 0.725. The summed E-state index contributed by atoms with van der Waals surface area (Å²) in [5.41, 5.74) is 0.843. The fourth-order valence-electron chi connectivity index (χ4n) is 3.12. The van der Waals surface area contributed by atoms with E-state index in [2.05, 4.69) is 5.32 Å². The van der Waals surface area contributed by atoms with Crippen LogP contribution in [0.5, 0.6) is 11.5 Å². The molecule has 0 spiro atoms. The van der Waals surface area contributed by atoms with Gasteiger partial charge >= 0.3 is 5.97 Å². The molecule has 24 heavy (non-hydrogen) atoms. The maximum Gasteiger partial charge on any atom is 0.341 e. The van der Waals surface area contributed by atoms with Gasteiger partial charge in [-0.25, -0.2) is 4.79 Å².